The van der Waals surface area contributed by atoms with Crippen LogP contribution in [-0.4, -0.2) is 62.2 Å². The molecule has 1 saturated heterocycles. The first-order valence-corrected chi connectivity index (χ1v) is 12.6. The van der Waals surface area contributed by atoms with Gasteiger partial charge in [0.25, 0.3) is 0 Å². The third-order valence-corrected chi connectivity index (χ3v) is 8.01. The van der Waals surface area contributed by atoms with Crippen molar-refractivity contribution < 1.29 is 28.9 Å². The maximum atomic E-state index is 13.0. The molecule has 1 aromatic rings. The highest BCUT2D eigenvalue weighted by Gasteiger charge is 2.57. The predicted molar refractivity (Wildman–Crippen MR) is 133 cm³/mol. The number of methoxy groups -OCH3 is 2. The zero-order valence-electron chi connectivity index (χ0n) is 21.3. The number of esters is 1. The number of nitrogens with zero attached hydrogens (tertiary/aromatic N) is 1. The molecule has 1 heterocycles. The number of phenolic OH excluding ortho intramolecular Hbond substituents is 1. The molecule has 0 amide bonds. The van der Waals surface area contributed by atoms with Crippen molar-refractivity contribution >= 4 is 17.8 Å². The van der Waals surface area contributed by atoms with Crippen molar-refractivity contribution in [2.45, 2.75) is 63.3 Å². The number of hydrogen-bond donors (Lipinski definition) is 1. The molecule has 1 fully saturated rings. The van der Waals surface area contributed by atoms with Crippen LogP contribution < -0.4 is 4.74 Å². The Morgan fingerprint density at radius 3 is 2.77 bits per heavy atom. The van der Waals surface area contributed by atoms with Gasteiger partial charge in [-0.1, -0.05) is 26.2 Å². The molecule has 1 aliphatic heterocycles. The highest BCUT2D eigenvalue weighted by molar-refractivity contribution is 5.96. The number of allylic oxidation sites excluding steroid dienone is 1. The number of likely N-dealkylation sites (tertiary alicyclic amines) is 1. The van der Waals surface area contributed by atoms with Crippen molar-refractivity contribution in [3.05, 3.63) is 40.7 Å². The number of carbonyl (C=O) groups excluding carboxylic acids is 2. The summed E-state index contributed by atoms with van der Waals surface area (Å²) in [6, 6.07) is 1.92. The largest absolute Gasteiger partial charge is 0.504 e. The zero-order chi connectivity index (χ0) is 25.2. The number of benzene rings is 1. The van der Waals surface area contributed by atoms with Crippen molar-refractivity contribution in [3.63, 3.8) is 0 Å². The first-order chi connectivity index (χ1) is 16.9. The first kappa shape index (κ1) is 25.3. The normalized spacial score (nSPS) is 25.6. The lowest BCUT2D eigenvalue weighted by atomic mass is 9.53. The van der Waals surface area contributed by atoms with E-state index < -0.39 is 5.41 Å². The van der Waals surface area contributed by atoms with Crippen LogP contribution in [0.4, 0.5) is 0 Å². The quantitative estimate of drug-likeness (QED) is 0.321. The molecular formula is C28H37NO6. The van der Waals surface area contributed by atoms with Gasteiger partial charge in [0.15, 0.2) is 23.0 Å². The van der Waals surface area contributed by atoms with Crippen LogP contribution in [0, 0.1) is 5.92 Å². The second-order valence-electron chi connectivity index (χ2n) is 9.95. The fourth-order valence-corrected chi connectivity index (χ4v) is 6.19. The molecular weight excluding hydrogens is 446 g/mol. The molecule has 7 heteroatoms. The summed E-state index contributed by atoms with van der Waals surface area (Å²) in [6.07, 6.45) is 11.0. The summed E-state index contributed by atoms with van der Waals surface area (Å²) < 4.78 is 16.3. The summed E-state index contributed by atoms with van der Waals surface area (Å²) in [6.45, 7) is 3.38. The number of piperidine rings is 1. The molecule has 0 aromatic heterocycles. The fraction of sp³-hybridized carbons (Fsp3) is 0.571. The van der Waals surface area contributed by atoms with Gasteiger partial charge < -0.3 is 24.2 Å². The fourth-order valence-electron chi connectivity index (χ4n) is 6.19. The number of hydrogen-bond acceptors (Lipinski definition) is 7. The van der Waals surface area contributed by atoms with E-state index in [-0.39, 0.29) is 35.9 Å². The number of phenols is 1. The monoisotopic (exact) mass is 483 g/mol. The van der Waals surface area contributed by atoms with Crippen LogP contribution in [0.1, 0.15) is 62.1 Å². The standard InChI is InChI=1S/C28H37NO6/c1-5-6-7-8-13-35-25(31)10-9-18-14-24(34-4)27(32)26-19(18)15-21-20-16-23(33-3)22(30)17-28(20,26)11-12-29(21)2/h9-10,14,16,20-21,32H,5-8,11-13,15,17H2,1-4H3/b10-9+/t20?,21-,28+/m0/s1. The lowest BCUT2D eigenvalue weighted by Gasteiger charge is -2.56. The van der Waals surface area contributed by atoms with Crippen LogP contribution in [0.15, 0.2) is 24.0 Å². The highest BCUT2D eigenvalue weighted by atomic mass is 16.5. The topological polar surface area (TPSA) is 85.3 Å². The number of fused-ring (bicyclic) bond motifs is 1. The van der Waals surface area contributed by atoms with Gasteiger partial charge in [0.2, 0.25) is 0 Å². The Labute approximate surface area is 207 Å². The Bertz CT molecular complexity index is 1040. The molecule has 4 rings (SSSR count). The number of likely N-dealkylation sites (N-methyl/N-ethyl adjacent to an activating group) is 1. The van der Waals surface area contributed by atoms with Gasteiger partial charge in [-0.25, -0.2) is 4.79 Å². The lowest BCUT2D eigenvalue weighted by molar-refractivity contribution is -0.137. The van der Waals surface area contributed by atoms with Crippen LogP contribution >= 0.6 is 0 Å². The predicted octanol–water partition coefficient (Wildman–Crippen LogP) is 4.15. The van der Waals surface area contributed by atoms with Crippen LogP contribution in [-0.2, 0) is 30.9 Å². The van der Waals surface area contributed by atoms with Gasteiger partial charge in [-0.3, -0.25) is 4.79 Å². The van der Waals surface area contributed by atoms with Crippen molar-refractivity contribution in [2.24, 2.45) is 5.92 Å². The van der Waals surface area contributed by atoms with E-state index in [1.54, 1.807) is 12.1 Å². The van der Waals surface area contributed by atoms with Crippen molar-refractivity contribution in [1.82, 2.24) is 4.90 Å². The molecule has 190 valence electrons. The number of rotatable bonds is 9. The Balaban J connectivity index is 1.72. The van der Waals surface area contributed by atoms with Crippen LogP contribution in [0.25, 0.3) is 6.08 Å². The van der Waals surface area contributed by atoms with Crippen LogP contribution in [0.5, 0.6) is 11.5 Å². The van der Waals surface area contributed by atoms with E-state index in [0.29, 0.717) is 24.5 Å². The summed E-state index contributed by atoms with van der Waals surface area (Å²) in [7, 11) is 5.15. The molecule has 7 nitrogen and oxygen atoms in total. The number of aromatic hydroxyl groups is 1. The summed E-state index contributed by atoms with van der Waals surface area (Å²) >= 11 is 0. The maximum absolute atomic E-state index is 13.0. The Morgan fingerprint density at radius 2 is 2.06 bits per heavy atom. The first-order valence-electron chi connectivity index (χ1n) is 12.6. The molecule has 2 bridgehead atoms. The van der Waals surface area contributed by atoms with E-state index in [9.17, 15) is 14.7 Å². The minimum absolute atomic E-state index is 0.0318. The Hall–Kier alpha value is -2.80. The number of ketones is 1. The smallest absolute Gasteiger partial charge is 0.330 e. The van der Waals surface area contributed by atoms with E-state index in [4.69, 9.17) is 14.2 Å². The Kier molecular flexibility index (Phi) is 7.55. The van der Waals surface area contributed by atoms with Gasteiger partial charge in [-0.2, -0.15) is 0 Å². The Morgan fingerprint density at radius 1 is 1.26 bits per heavy atom. The molecule has 2 aliphatic carbocycles. The van der Waals surface area contributed by atoms with E-state index in [1.807, 2.05) is 6.08 Å². The molecule has 0 spiro atoms. The molecule has 0 radical (unpaired) electrons. The summed E-state index contributed by atoms with van der Waals surface area (Å²) in [5.41, 5.74) is 2.01. The van der Waals surface area contributed by atoms with Gasteiger partial charge >= 0.3 is 5.97 Å². The maximum Gasteiger partial charge on any atom is 0.330 e. The van der Waals surface area contributed by atoms with E-state index >= 15 is 0 Å². The van der Waals surface area contributed by atoms with Crippen LogP contribution in [0.2, 0.25) is 0 Å². The molecule has 3 atom stereocenters. The van der Waals surface area contributed by atoms with Gasteiger partial charge in [-0.05, 0) is 62.2 Å². The average Bonchev–Trinajstić information content (AvgIpc) is 2.84. The van der Waals surface area contributed by atoms with Crippen LogP contribution in [0.3, 0.4) is 0 Å². The molecule has 35 heavy (non-hydrogen) atoms. The number of ether oxygens (including phenoxy) is 3. The number of unbranched alkanes of at least 4 members (excludes halogenated alkanes) is 3. The molecule has 1 unspecified atom stereocenters. The summed E-state index contributed by atoms with van der Waals surface area (Å²) in [4.78, 5) is 27.7. The third kappa shape index (κ3) is 4.58. The third-order valence-electron chi connectivity index (χ3n) is 8.01. The molecule has 0 saturated carbocycles. The number of Topliss-reactive ketones (excluding diaryl/α,β-unsaturated/α-hetero) is 1. The summed E-state index contributed by atoms with van der Waals surface area (Å²) in [5, 5.41) is 11.3. The van der Waals surface area contributed by atoms with E-state index in [0.717, 1.165) is 55.3 Å². The summed E-state index contributed by atoms with van der Waals surface area (Å²) in [5.74, 6) is 0.435. The van der Waals surface area contributed by atoms with Crippen molar-refractivity contribution in [3.8, 4) is 11.5 Å². The average molecular weight is 484 g/mol. The highest BCUT2D eigenvalue weighted by Crippen LogP contribution is 2.58. The van der Waals surface area contributed by atoms with Gasteiger partial charge in [-0.15, -0.1) is 0 Å². The second kappa shape index (κ2) is 10.4. The van der Waals surface area contributed by atoms with Crippen molar-refractivity contribution in [2.75, 3.05) is 34.4 Å². The number of carbonyl (C=O) groups is 2. The van der Waals surface area contributed by atoms with Gasteiger partial charge in [0, 0.05) is 35.4 Å². The second-order valence-corrected chi connectivity index (χ2v) is 9.95. The molecule has 3 aliphatic rings. The molecule has 1 N–H and O–H groups in total. The zero-order valence-corrected chi connectivity index (χ0v) is 21.3. The minimum Gasteiger partial charge on any atom is -0.504 e. The molecule has 1 aromatic carbocycles. The lowest BCUT2D eigenvalue weighted by Crippen LogP contribution is -2.60. The minimum atomic E-state index is -0.537. The van der Waals surface area contributed by atoms with Crippen molar-refractivity contribution in [1.29, 1.82) is 0 Å². The SMILES string of the molecule is CCCCCCOC(=O)/C=C/c1cc(OC)c(O)c2c1C[C@H]1C3C=C(OC)C(=O)C[C@@]23CCN1C. The van der Waals surface area contributed by atoms with E-state index in [1.165, 1.54) is 20.3 Å². The van der Waals surface area contributed by atoms with Gasteiger partial charge in [0.05, 0.1) is 20.8 Å². The van der Waals surface area contributed by atoms with Gasteiger partial charge in [0.1, 0.15) is 0 Å². The van der Waals surface area contributed by atoms with E-state index in [2.05, 4.69) is 18.9 Å².